The van der Waals surface area contributed by atoms with Gasteiger partial charge in [-0.1, -0.05) is 39.8 Å². The molecule has 1 unspecified atom stereocenters. The largest absolute Gasteiger partial charge is 0.341 e. The molecule has 1 saturated heterocycles. The number of rotatable bonds is 4. The van der Waals surface area contributed by atoms with Crippen molar-refractivity contribution in [2.24, 2.45) is 11.1 Å². The summed E-state index contributed by atoms with van der Waals surface area (Å²) >= 11 is 1.62. The molecular weight excluding hydrogens is 328 g/mol. The highest BCUT2D eigenvalue weighted by Gasteiger charge is 2.34. The van der Waals surface area contributed by atoms with E-state index in [0.29, 0.717) is 12.3 Å². The van der Waals surface area contributed by atoms with Crippen LogP contribution in [-0.2, 0) is 10.2 Å². The Bertz CT molecular complexity index is 527. The summed E-state index contributed by atoms with van der Waals surface area (Å²) in [7, 11) is 0. The third-order valence-corrected chi connectivity index (χ3v) is 5.48. The van der Waals surface area contributed by atoms with Crippen molar-refractivity contribution in [3.63, 3.8) is 0 Å². The number of halogens is 1. The van der Waals surface area contributed by atoms with Gasteiger partial charge in [-0.05, 0) is 41.5 Å². The fourth-order valence-corrected chi connectivity index (χ4v) is 3.49. The highest BCUT2D eigenvalue weighted by atomic mass is 35.5. The van der Waals surface area contributed by atoms with E-state index in [4.69, 9.17) is 5.73 Å². The van der Waals surface area contributed by atoms with E-state index in [-0.39, 0.29) is 29.1 Å². The lowest BCUT2D eigenvalue weighted by atomic mass is 9.87. The fraction of sp³-hybridized carbons (Fsp3) is 0.611. The number of hydrogen-bond acceptors (Lipinski definition) is 3. The van der Waals surface area contributed by atoms with E-state index in [9.17, 15) is 4.79 Å². The van der Waals surface area contributed by atoms with E-state index in [1.165, 1.54) is 5.56 Å². The van der Waals surface area contributed by atoms with Crippen molar-refractivity contribution in [2.45, 2.75) is 44.4 Å². The topological polar surface area (TPSA) is 46.3 Å². The van der Waals surface area contributed by atoms with Crippen LogP contribution in [-0.4, -0.2) is 36.2 Å². The summed E-state index contributed by atoms with van der Waals surface area (Å²) in [6.07, 6.45) is 1.01. The average molecular weight is 357 g/mol. The van der Waals surface area contributed by atoms with Crippen LogP contribution in [0.4, 0.5) is 0 Å². The molecule has 0 aromatic heterocycles. The van der Waals surface area contributed by atoms with E-state index in [1.54, 1.807) is 11.8 Å². The van der Waals surface area contributed by atoms with E-state index >= 15 is 0 Å². The molecule has 2 N–H and O–H groups in total. The van der Waals surface area contributed by atoms with Gasteiger partial charge in [0, 0.05) is 18.0 Å². The van der Waals surface area contributed by atoms with Gasteiger partial charge in [0.2, 0.25) is 5.91 Å². The van der Waals surface area contributed by atoms with E-state index in [1.807, 2.05) is 4.90 Å². The Hall–Kier alpha value is -0.710. The van der Waals surface area contributed by atoms with Gasteiger partial charge in [0.15, 0.2) is 0 Å². The van der Waals surface area contributed by atoms with Crippen LogP contribution in [0.15, 0.2) is 29.2 Å². The van der Waals surface area contributed by atoms with Gasteiger partial charge in [-0.25, -0.2) is 0 Å². The number of amides is 1. The summed E-state index contributed by atoms with van der Waals surface area (Å²) in [5, 5.41) is 0. The molecule has 130 valence electrons. The molecule has 1 aliphatic heterocycles. The summed E-state index contributed by atoms with van der Waals surface area (Å²) < 4.78 is 0. The van der Waals surface area contributed by atoms with Gasteiger partial charge >= 0.3 is 0 Å². The zero-order chi connectivity index (χ0) is 16.4. The fourth-order valence-electron chi connectivity index (χ4n) is 2.69. The molecule has 1 aromatic rings. The first-order valence-corrected chi connectivity index (χ1v) is 8.93. The molecule has 1 heterocycles. The number of nitrogens with zero attached hydrogens (tertiary/aromatic N) is 1. The molecular formula is C18H29ClN2OS. The Kier molecular flexibility index (Phi) is 6.99. The van der Waals surface area contributed by atoms with Crippen LogP contribution in [0.2, 0.25) is 0 Å². The zero-order valence-corrected chi connectivity index (χ0v) is 16.2. The first-order chi connectivity index (χ1) is 10.2. The second kappa shape index (κ2) is 7.91. The summed E-state index contributed by atoms with van der Waals surface area (Å²) in [6.45, 7) is 11.1. The first-order valence-electron chi connectivity index (χ1n) is 7.95. The van der Waals surface area contributed by atoms with Gasteiger partial charge in [0.25, 0.3) is 0 Å². The Morgan fingerprint density at radius 2 is 1.91 bits per heavy atom. The molecule has 0 bridgehead atoms. The molecule has 1 aliphatic rings. The van der Waals surface area contributed by atoms with Crippen molar-refractivity contribution < 1.29 is 4.79 Å². The molecule has 23 heavy (non-hydrogen) atoms. The SMILES string of the molecule is CC1(CN)CCN(C(=O)CSc2ccc(C(C)(C)C)cc2)C1.Cl. The number of benzene rings is 1. The van der Waals surface area contributed by atoms with Crippen molar-refractivity contribution in [1.82, 2.24) is 4.90 Å². The maximum Gasteiger partial charge on any atom is 0.232 e. The summed E-state index contributed by atoms with van der Waals surface area (Å²) in [4.78, 5) is 15.4. The Morgan fingerprint density at radius 3 is 2.39 bits per heavy atom. The molecule has 1 atom stereocenters. The maximum absolute atomic E-state index is 12.3. The molecule has 2 rings (SSSR count). The standard InChI is InChI=1S/C18H28N2OS.ClH/c1-17(2,3)14-5-7-15(8-6-14)22-11-16(21)20-10-9-18(4,12-19)13-20;/h5-8H,9-13,19H2,1-4H3;1H. The molecule has 1 fully saturated rings. The van der Waals surface area contributed by atoms with Gasteiger partial charge in [-0.15, -0.1) is 24.2 Å². The number of hydrogen-bond donors (Lipinski definition) is 1. The Labute approximate surface area is 150 Å². The van der Waals surface area contributed by atoms with Crippen LogP contribution < -0.4 is 5.73 Å². The van der Waals surface area contributed by atoms with Crippen molar-refractivity contribution in [3.05, 3.63) is 29.8 Å². The van der Waals surface area contributed by atoms with E-state index in [0.717, 1.165) is 24.4 Å². The van der Waals surface area contributed by atoms with Crippen LogP contribution in [0.25, 0.3) is 0 Å². The number of thioether (sulfide) groups is 1. The smallest absolute Gasteiger partial charge is 0.232 e. The minimum absolute atomic E-state index is 0. The van der Waals surface area contributed by atoms with Gasteiger partial charge < -0.3 is 10.6 Å². The van der Waals surface area contributed by atoms with Crippen molar-refractivity contribution >= 4 is 30.1 Å². The average Bonchev–Trinajstić information content (AvgIpc) is 2.88. The Balaban J connectivity index is 0.00000264. The number of likely N-dealkylation sites (tertiary alicyclic amines) is 1. The first kappa shape index (κ1) is 20.3. The predicted molar refractivity (Wildman–Crippen MR) is 101 cm³/mol. The molecule has 0 radical (unpaired) electrons. The molecule has 3 nitrogen and oxygen atoms in total. The number of carbonyl (C=O) groups excluding carboxylic acids is 1. The number of nitrogens with two attached hydrogens (primary N) is 1. The lowest BCUT2D eigenvalue weighted by molar-refractivity contribution is -0.127. The quantitative estimate of drug-likeness (QED) is 0.837. The monoisotopic (exact) mass is 356 g/mol. The molecule has 1 aromatic carbocycles. The zero-order valence-electron chi connectivity index (χ0n) is 14.6. The van der Waals surface area contributed by atoms with E-state index < -0.39 is 0 Å². The minimum Gasteiger partial charge on any atom is -0.341 e. The van der Waals surface area contributed by atoms with Gasteiger partial charge in [0.1, 0.15) is 0 Å². The third-order valence-electron chi connectivity index (χ3n) is 4.49. The summed E-state index contributed by atoms with van der Waals surface area (Å²) in [6, 6.07) is 8.56. The second-order valence-corrected chi connectivity index (χ2v) is 8.69. The molecule has 1 amide bonds. The third kappa shape index (κ3) is 5.40. The van der Waals surface area contributed by atoms with Crippen molar-refractivity contribution in [3.8, 4) is 0 Å². The van der Waals surface area contributed by atoms with Crippen LogP contribution in [0.1, 0.15) is 39.7 Å². The lowest BCUT2D eigenvalue weighted by Gasteiger charge is -2.22. The van der Waals surface area contributed by atoms with E-state index in [2.05, 4.69) is 52.0 Å². The van der Waals surface area contributed by atoms with Crippen molar-refractivity contribution in [2.75, 3.05) is 25.4 Å². The molecule has 0 spiro atoms. The van der Waals surface area contributed by atoms with Gasteiger partial charge in [-0.2, -0.15) is 0 Å². The molecule has 0 aliphatic carbocycles. The van der Waals surface area contributed by atoms with Crippen LogP contribution in [0.5, 0.6) is 0 Å². The lowest BCUT2D eigenvalue weighted by Crippen LogP contribution is -2.35. The normalized spacial score (nSPS) is 21.2. The van der Waals surface area contributed by atoms with Gasteiger partial charge in [0.05, 0.1) is 5.75 Å². The summed E-state index contributed by atoms with van der Waals surface area (Å²) in [5.41, 5.74) is 7.40. The van der Waals surface area contributed by atoms with Crippen LogP contribution in [0, 0.1) is 5.41 Å². The van der Waals surface area contributed by atoms with Crippen LogP contribution >= 0.6 is 24.2 Å². The summed E-state index contributed by atoms with van der Waals surface area (Å²) in [5.74, 6) is 0.734. The maximum atomic E-state index is 12.3. The number of carbonyl (C=O) groups is 1. The second-order valence-electron chi connectivity index (χ2n) is 7.64. The van der Waals surface area contributed by atoms with Crippen molar-refractivity contribution in [1.29, 1.82) is 0 Å². The van der Waals surface area contributed by atoms with Crippen LogP contribution in [0.3, 0.4) is 0 Å². The van der Waals surface area contributed by atoms with Gasteiger partial charge in [-0.3, -0.25) is 4.79 Å². The molecule has 5 heteroatoms. The minimum atomic E-state index is 0. The predicted octanol–water partition coefficient (Wildman–Crippen LogP) is 3.70. The highest BCUT2D eigenvalue weighted by Crippen LogP contribution is 2.30. The highest BCUT2D eigenvalue weighted by molar-refractivity contribution is 8.00. The molecule has 0 saturated carbocycles. The Morgan fingerprint density at radius 1 is 1.30 bits per heavy atom.